The Morgan fingerprint density at radius 2 is 1.45 bits per heavy atom. The van der Waals surface area contributed by atoms with Crippen molar-refractivity contribution in [1.29, 1.82) is 0 Å². The Labute approximate surface area is 121 Å². The molecule has 20 heavy (non-hydrogen) atoms. The highest BCUT2D eigenvalue weighted by Crippen LogP contribution is 1.95. The zero-order valence-electron chi connectivity index (χ0n) is 12.9. The van der Waals surface area contributed by atoms with Crippen LogP contribution in [0.5, 0.6) is 0 Å². The summed E-state index contributed by atoms with van der Waals surface area (Å²) in [4.78, 5) is 24.8. The molecule has 0 spiro atoms. The average Bonchev–Trinajstić information content (AvgIpc) is 2.46. The first kappa shape index (κ1) is 18.6. The molecule has 0 aromatic carbocycles. The second-order valence-electron chi connectivity index (χ2n) is 4.40. The molecule has 5 heteroatoms. The number of rotatable bonds is 11. The first-order valence-corrected chi connectivity index (χ1v) is 7.37. The van der Waals surface area contributed by atoms with Crippen LogP contribution in [-0.2, 0) is 19.1 Å². The van der Waals surface area contributed by atoms with Crippen LogP contribution in [0.4, 0.5) is 0 Å². The third-order valence-electron chi connectivity index (χ3n) is 2.89. The number of esters is 2. The smallest absolute Gasteiger partial charge is 0.331 e. The summed E-state index contributed by atoms with van der Waals surface area (Å²) in [6, 6.07) is 0. The average molecular weight is 285 g/mol. The quantitative estimate of drug-likeness (QED) is 0.331. The van der Waals surface area contributed by atoms with E-state index < -0.39 is 11.9 Å². The van der Waals surface area contributed by atoms with Crippen LogP contribution in [0.3, 0.4) is 0 Å². The molecule has 0 saturated heterocycles. The van der Waals surface area contributed by atoms with Gasteiger partial charge in [0, 0.05) is 18.7 Å². The Morgan fingerprint density at radius 1 is 0.900 bits per heavy atom. The maximum absolute atomic E-state index is 11.3. The van der Waals surface area contributed by atoms with Crippen LogP contribution in [0.25, 0.3) is 0 Å². The van der Waals surface area contributed by atoms with Gasteiger partial charge in [-0.15, -0.1) is 0 Å². The zero-order valence-corrected chi connectivity index (χ0v) is 12.9. The predicted octanol–water partition coefficient (Wildman–Crippen LogP) is 2.16. The van der Waals surface area contributed by atoms with E-state index in [-0.39, 0.29) is 0 Å². The molecule has 0 aliphatic rings. The number of hydrogen-bond donors (Lipinski definition) is 0. The van der Waals surface area contributed by atoms with Crippen molar-refractivity contribution in [3.05, 3.63) is 12.2 Å². The minimum Gasteiger partial charge on any atom is -0.463 e. The van der Waals surface area contributed by atoms with Crippen molar-refractivity contribution < 1.29 is 19.1 Å². The van der Waals surface area contributed by atoms with E-state index in [9.17, 15) is 9.59 Å². The maximum Gasteiger partial charge on any atom is 0.331 e. The fraction of sp³-hybridized carbons (Fsp3) is 0.733. The van der Waals surface area contributed by atoms with Gasteiger partial charge in [-0.1, -0.05) is 33.6 Å². The van der Waals surface area contributed by atoms with Crippen LogP contribution in [0.1, 0.15) is 40.0 Å². The second kappa shape index (κ2) is 12.7. The lowest BCUT2D eigenvalue weighted by atomic mass is 10.3. The maximum atomic E-state index is 11.3. The van der Waals surface area contributed by atoms with Crippen molar-refractivity contribution in [2.75, 3.05) is 32.8 Å². The monoisotopic (exact) mass is 285 g/mol. The van der Waals surface area contributed by atoms with E-state index in [1.807, 2.05) is 0 Å². The Kier molecular flexibility index (Phi) is 11.8. The van der Waals surface area contributed by atoms with Gasteiger partial charge in [-0.05, 0) is 19.5 Å². The largest absolute Gasteiger partial charge is 0.463 e. The lowest BCUT2D eigenvalue weighted by Gasteiger charge is -2.16. The highest BCUT2D eigenvalue weighted by molar-refractivity contribution is 5.91. The molecule has 0 N–H and O–H groups in total. The minimum absolute atomic E-state index is 0.330. The first-order valence-electron chi connectivity index (χ1n) is 7.37. The van der Waals surface area contributed by atoms with Gasteiger partial charge < -0.3 is 14.4 Å². The third-order valence-corrected chi connectivity index (χ3v) is 2.89. The number of likely N-dealkylation sites (N-methyl/N-ethyl adjacent to an activating group) is 1. The molecule has 0 atom stereocenters. The van der Waals surface area contributed by atoms with Crippen molar-refractivity contribution in [1.82, 2.24) is 4.90 Å². The van der Waals surface area contributed by atoms with E-state index in [1.165, 1.54) is 0 Å². The minimum atomic E-state index is -0.511. The molecular weight excluding hydrogens is 258 g/mol. The van der Waals surface area contributed by atoms with Gasteiger partial charge in [-0.3, -0.25) is 0 Å². The topological polar surface area (TPSA) is 55.8 Å². The van der Waals surface area contributed by atoms with Crippen LogP contribution in [0.2, 0.25) is 0 Å². The predicted molar refractivity (Wildman–Crippen MR) is 78.4 cm³/mol. The van der Waals surface area contributed by atoms with Gasteiger partial charge >= 0.3 is 11.9 Å². The van der Waals surface area contributed by atoms with Crippen LogP contribution in [-0.4, -0.2) is 49.7 Å². The third kappa shape index (κ3) is 10.6. The van der Waals surface area contributed by atoms with Gasteiger partial charge in [0.05, 0.1) is 6.61 Å². The van der Waals surface area contributed by atoms with Gasteiger partial charge in [0.2, 0.25) is 0 Å². The van der Waals surface area contributed by atoms with Crippen molar-refractivity contribution in [3.8, 4) is 0 Å². The molecule has 0 aromatic rings. The molecule has 0 unspecified atom stereocenters. The van der Waals surface area contributed by atoms with Gasteiger partial charge in [0.25, 0.3) is 0 Å². The highest BCUT2D eigenvalue weighted by atomic mass is 16.5. The molecule has 0 amide bonds. The number of nitrogens with zero attached hydrogens (tertiary/aromatic N) is 1. The van der Waals surface area contributed by atoms with Crippen molar-refractivity contribution in [2.45, 2.75) is 40.0 Å². The highest BCUT2D eigenvalue weighted by Gasteiger charge is 2.03. The summed E-state index contributed by atoms with van der Waals surface area (Å²) in [6.45, 7) is 9.47. The van der Waals surface area contributed by atoms with E-state index in [1.54, 1.807) is 0 Å². The fourth-order valence-corrected chi connectivity index (χ4v) is 1.57. The summed E-state index contributed by atoms with van der Waals surface area (Å²) >= 11 is 0. The summed E-state index contributed by atoms with van der Waals surface area (Å²) in [6.07, 6.45) is 5.19. The molecule has 0 heterocycles. The molecule has 5 nitrogen and oxygen atoms in total. The zero-order chi connectivity index (χ0) is 15.2. The summed E-state index contributed by atoms with van der Waals surface area (Å²) in [7, 11) is 0. The van der Waals surface area contributed by atoms with Gasteiger partial charge in [-0.25, -0.2) is 9.59 Å². The van der Waals surface area contributed by atoms with Crippen molar-refractivity contribution in [2.24, 2.45) is 0 Å². The van der Waals surface area contributed by atoms with Crippen molar-refractivity contribution in [3.63, 3.8) is 0 Å². The molecule has 0 fully saturated rings. The van der Waals surface area contributed by atoms with E-state index in [4.69, 9.17) is 9.47 Å². The van der Waals surface area contributed by atoms with Gasteiger partial charge in [-0.2, -0.15) is 0 Å². The molecule has 0 aliphatic heterocycles. The van der Waals surface area contributed by atoms with E-state index in [0.717, 1.165) is 44.5 Å². The Balaban J connectivity index is 3.73. The Morgan fingerprint density at radius 3 is 1.95 bits per heavy atom. The van der Waals surface area contributed by atoms with Crippen LogP contribution in [0, 0.1) is 0 Å². The summed E-state index contributed by atoms with van der Waals surface area (Å²) in [5.41, 5.74) is 0. The van der Waals surface area contributed by atoms with E-state index >= 15 is 0 Å². The molecule has 116 valence electrons. The lowest BCUT2D eigenvalue weighted by Crippen LogP contribution is -2.27. The second-order valence-corrected chi connectivity index (χ2v) is 4.40. The van der Waals surface area contributed by atoms with Crippen LogP contribution in [0.15, 0.2) is 12.2 Å². The summed E-state index contributed by atoms with van der Waals surface area (Å²) in [5.74, 6) is -1.01. The van der Waals surface area contributed by atoms with E-state index in [0.29, 0.717) is 19.8 Å². The Bertz CT molecular complexity index is 298. The lowest BCUT2D eigenvalue weighted by molar-refractivity contribution is -0.140. The van der Waals surface area contributed by atoms with E-state index in [2.05, 4.69) is 25.7 Å². The number of carbonyl (C=O) groups is 2. The van der Waals surface area contributed by atoms with Crippen LogP contribution >= 0.6 is 0 Å². The van der Waals surface area contributed by atoms with Crippen LogP contribution < -0.4 is 0 Å². The number of hydrogen-bond acceptors (Lipinski definition) is 5. The molecule has 0 rings (SSSR count). The molecule has 0 bridgehead atoms. The fourth-order valence-electron chi connectivity index (χ4n) is 1.57. The molecule has 0 saturated carbocycles. The standard InChI is InChI=1S/C15H27NO4/c1-4-7-8-12-19-14(17)9-10-15(18)20-13-11-16(5-2)6-3/h9-10H,4-8,11-13H2,1-3H3. The normalized spacial score (nSPS) is 11.0. The van der Waals surface area contributed by atoms with Gasteiger partial charge in [0.15, 0.2) is 0 Å². The summed E-state index contributed by atoms with van der Waals surface area (Å²) < 4.78 is 9.92. The number of carbonyl (C=O) groups excluding carboxylic acids is 2. The molecular formula is C15H27NO4. The molecule has 0 aliphatic carbocycles. The molecule has 0 radical (unpaired) electrons. The first-order chi connectivity index (χ1) is 9.63. The number of ether oxygens (including phenoxy) is 2. The number of unbranched alkanes of at least 4 members (excludes halogenated alkanes) is 2. The SMILES string of the molecule is CCCCCOC(=O)C=CC(=O)OCCN(CC)CC. The summed E-state index contributed by atoms with van der Waals surface area (Å²) in [5, 5.41) is 0. The van der Waals surface area contributed by atoms with Gasteiger partial charge in [0.1, 0.15) is 6.61 Å². The Hall–Kier alpha value is -1.36. The van der Waals surface area contributed by atoms with Crippen molar-refractivity contribution >= 4 is 11.9 Å². The molecule has 0 aromatic heterocycles.